The van der Waals surface area contributed by atoms with Crippen molar-refractivity contribution in [1.82, 2.24) is 10.2 Å². The third-order valence-corrected chi connectivity index (χ3v) is 5.23. The summed E-state index contributed by atoms with van der Waals surface area (Å²) in [5, 5.41) is 13.7. The van der Waals surface area contributed by atoms with Gasteiger partial charge in [0.15, 0.2) is 0 Å². The van der Waals surface area contributed by atoms with E-state index in [-0.39, 0.29) is 29.3 Å². The number of nitrogens with zero attached hydrogens (tertiary/aromatic N) is 2. The van der Waals surface area contributed by atoms with Crippen LogP contribution in [-0.4, -0.2) is 47.7 Å². The van der Waals surface area contributed by atoms with Crippen molar-refractivity contribution < 1.29 is 9.72 Å². The average Bonchev–Trinajstić information content (AvgIpc) is 2.55. The van der Waals surface area contributed by atoms with Crippen molar-refractivity contribution >= 4 is 35.8 Å². The Hall–Kier alpha value is -1.31. The lowest BCUT2D eigenvalue weighted by Gasteiger charge is -2.33. The summed E-state index contributed by atoms with van der Waals surface area (Å²) in [6, 6.07) is 6.35. The summed E-state index contributed by atoms with van der Waals surface area (Å²) in [5.74, 6) is 0.804. The fourth-order valence-corrected chi connectivity index (χ4v) is 3.76. The van der Waals surface area contributed by atoms with Gasteiger partial charge in [-0.1, -0.05) is 0 Å². The molecule has 0 radical (unpaired) electrons. The molecule has 1 aromatic rings. The molecule has 134 valence electrons. The molecule has 0 aliphatic carbocycles. The minimum atomic E-state index is -0.418. The molecule has 2 rings (SSSR count). The van der Waals surface area contributed by atoms with Gasteiger partial charge in [0.05, 0.1) is 10.2 Å². The van der Waals surface area contributed by atoms with Crippen molar-refractivity contribution in [3.05, 3.63) is 34.4 Å². The summed E-state index contributed by atoms with van der Waals surface area (Å²) >= 11 is 1.45. The minimum Gasteiger partial charge on any atom is -0.342 e. The molecule has 8 heteroatoms. The lowest BCUT2D eigenvalue weighted by molar-refractivity contribution is -0.384. The summed E-state index contributed by atoms with van der Waals surface area (Å²) in [4.78, 5) is 25.6. The molecule has 0 spiro atoms. The Labute approximate surface area is 152 Å². The largest absolute Gasteiger partial charge is 0.342 e. The number of halogens is 1. The topological polar surface area (TPSA) is 75.5 Å². The summed E-state index contributed by atoms with van der Waals surface area (Å²) in [7, 11) is 1.96. The zero-order valence-electron chi connectivity index (χ0n) is 13.9. The van der Waals surface area contributed by atoms with Gasteiger partial charge in [0, 0.05) is 30.1 Å². The van der Waals surface area contributed by atoms with Crippen LogP contribution in [0.3, 0.4) is 0 Å². The first-order chi connectivity index (χ1) is 11.0. The molecular formula is C16H24ClN3O3S. The molecule has 1 fully saturated rings. The summed E-state index contributed by atoms with van der Waals surface area (Å²) in [6.07, 6.45) is 2.09. The van der Waals surface area contributed by atoms with Crippen LogP contribution in [0.2, 0.25) is 0 Å². The summed E-state index contributed by atoms with van der Waals surface area (Å²) < 4.78 is 0. The van der Waals surface area contributed by atoms with Crippen LogP contribution in [0.1, 0.15) is 19.8 Å². The van der Waals surface area contributed by atoms with Crippen LogP contribution in [-0.2, 0) is 4.79 Å². The van der Waals surface area contributed by atoms with E-state index in [1.807, 2.05) is 18.9 Å². The minimum absolute atomic E-state index is 0. The Morgan fingerprint density at radius 3 is 2.46 bits per heavy atom. The zero-order valence-corrected chi connectivity index (χ0v) is 15.6. The molecule has 1 unspecified atom stereocenters. The Kier molecular flexibility index (Phi) is 8.52. The van der Waals surface area contributed by atoms with E-state index in [1.165, 1.54) is 23.9 Å². The molecule has 1 atom stereocenters. The number of hydrogen-bond acceptors (Lipinski definition) is 5. The number of piperidine rings is 1. The van der Waals surface area contributed by atoms with Gasteiger partial charge in [-0.2, -0.15) is 0 Å². The predicted molar refractivity (Wildman–Crippen MR) is 98.9 cm³/mol. The van der Waals surface area contributed by atoms with Gasteiger partial charge >= 0.3 is 0 Å². The molecule has 1 aromatic carbocycles. The van der Waals surface area contributed by atoms with Gasteiger partial charge in [0.1, 0.15) is 0 Å². The number of amides is 1. The molecule has 1 aliphatic rings. The smallest absolute Gasteiger partial charge is 0.269 e. The number of thioether (sulfide) groups is 1. The van der Waals surface area contributed by atoms with E-state index in [9.17, 15) is 14.9 Å². The number of nitro benzene ring substituents is 1. The van der Waals surface area contributed by atoms with E-state index in [1.54, 1.807) is 12.1 Å². The van der Waals surface area contributed by atoms with E-state index in [0.717, 1.165) is 37.4 Å². The van der Waals surface area contributed by atoms with Gasteiger partial charge in [-0.05, 0) is 51.4 Å². The molecular weight excluding hydrogens is 350 g/mol. The van der Waals surface area contributed by atoms with Crippen LogP contribution in [0.4, 0.5) is 5.69 Å². The Balaban J connectivity index is 0.00000288. The molecule has 0 saturated carbocycles. The van der Waals surface area contributed by atoms with Crippen LogP contribution < -0.4 is 5.32 Å². The highest BCUT2D eigenvalue weighted by molar-refractivity contribution is 8.00. The fraction of sp³-hybridized carbons (Fsp3) is 0.562. The van der Waals surface area contributed by atoms with Crippen molar-refractivity contribution in [2.24, 2.45) is 5.92 Å². The first-order valence-electron chi connectivity index (χ1n) is 7.85. The molecule has 1 aliphatic heterocycles. The summed E-state index contributed by atoms with van der Waals surface area (Å²) in [5.41, 5.74) is 0.0694. The van der Waals surface area contributed by atoms with Gasteiger partial charge in [-0.15, -0.1) is 24.2 Å². The highest BCUT2D eigenvalue weighted by atomic mass is 35.5. The van der Waals surface area contributed by atoms with Gasteiger partial charge in [0.25, 0.3) is 5.69 Å². The maximum absolute atomic E-state index is 12.5. The van der Waals surface area contributed by atoms with Crippen molar-refractivity contribution in [3.8, 4) is 0 Å². The van der Waals surface area contributed by atoms with Gasteiger partial charge in [-0.3, -0.25) is 14.9 Å². The fourth-order valence-electron chi connectivity index (χ4n) is 2.80. The van der Waals surface area contributed by atoms with Crippen LogP contribution in [0.25, 0.3) is 0 Å². The van der Waals surface area contributed by atoms with Crippen molar-refractivity contribution in [2.45, 2.75) is 29.9 Å². The van der Waals surface area contributed by atoms with Crippen LogP contribution >= 0.6 is 24.2 Å². The summed E-state index contributed by atoms with van der Waals surface area (Å²) in [6.45, 7) is 4.54. The van der Waals surface area contributed by atoms with Crippen LogP contribution in [0, 0.1) is 16.0 Å². The third-order valence-electron chi connectivity index (χ3n) is 4.13. The van der Waals surface area contributed by atoms with E-state index in [2.05, 4.69) is 5.32 Å². The maximum Gasteiger partial charge on any atom is 0.269 e. The number of rotatable bonds is 6. The number of non-ortho nitro benzene ring substituents is 1. The molecule has 1 heterocycles. The molecule has 1 N–H and O–H groups in total. The number of carbonyl (C=O) groups excluding carboxylic acids is 1. The Morgan fingerprint density at radius 1 is 1.38 bits per heavy atom. The first-order valence-corrected chi connectivity index (χ1v) is 8.73. The SMILES string of the molecule is CNCC1CCN(C(=O)C(C)Sc2ccc([N+](=O)[O-])cc2)CC1.Cl. The normalized spacial score (nSPS) is 16.3. The number of carbonyl (C=O) groups is 1. The number of hydrogen-bond donors (Lipinski definition) is 1. The molecule has 0 aromatic heterocycles. The third kappa shape index (κ3) is 5.65. The second-order valence-electron chi connectivity index (χ2n) is 5.84. The Bertz CT molecular complexity index is 548. The van der Waals surface area contributed by atoms with Crippen LogP contribution in [0.15, 0.2) is 29.2 Å². The van der Waals surface area contributed by atoms with Crippen molar-refractivity contribution in [1.29, 1.82) is 0 Å². The lowest BCUT2D eigenvalue weighted by atomic mass is 9.97. The molecule has 6 nitrogen and oxygen atoms in total. The van der Waals surface area contributed by atoms with Crippen molar-refractivity contribution in [2.75, 3.05) is 26.7 Å². The maximum atomic E-state index is 12.5. The van der Waals surface area contributed by atoms with Gasteiger partial charge < -0.3 is 10.2 Å². The van der Waals surface area contributed by atoms with Gasteiger partial charge in [-0.25, -0.2) is 0 Å². The van der Waals surface area contributed by atoms with Crippen LogP contribution in [0.5, 0.6) is 0 Å². The zero-order chi connectivity index (χ0) is 16.8. The highest BCUT2D eigenvalue weighted by Gasteiger charge is 2.26. The lowest BCUT2D eigenvalue weighted by Crippen LogP contribution is -2.43. The number of nitro groups is 1. The number of benzene rings is 1. The first kappa shape index (κ1) is 20.7. The predicted octanol–water partition coefficient (Wildman–Crippen LogP) is 2.96. The van der Waals surface area contributed by atoms with E-state index in [4.69, 9.17) is 0 Å². The highest BCUT2D eigenvalue weighted by Crippen LogP contribution is 2.27. The number of likely N-dealkylation sites (tertiary alicyclic amines) is 1. The molecule has 1 saturated heterocycles. The van der Waals surface area contributed by atoms with E-state index >= 15 is 0 Å². The monoisotopic (exact) mass is 373 g/mol. The van der Waals surface area contributed by atoms with E-state index < -0.39 is 4.92 Å². The molecule has 0 bridgehead atoms. The second kappa shape index (κ2) is 9.86. The molecule has 1 amide bonds. The Morgan fingerprint density at radius 2 is 1.96 bits per heavy atom. The van der Waals surface area contributed by atoms with E-state index in [0.29, 0.717) is 5.92 Å². The standard InChI is InChI=1S/C16H23N3O3S.ClH/c1-12(23-15-5-3-14(4-6-15)19(21)22)16(20)18-9-7-13(8-10-18)11-17-2;/h3-6,12-13,17H,7-11H2,1-2H3;1H. The van der Waals surface area contributed by atoms with Crippen molar-refractivity contribution in [3.63, 3.8) is 0 Å². The van der Waals surface area contributed by atoms with Gasteiger partial charge in [0.2, 0.25) is 5.91 Å². The quantitative estimate of drug-likeness (QED) is 0.471. The number of nitrogens with one attached hydrogen (secondary N) is 1. The average molecular weight is 374 g/mol. The second-order valence-corrected chi connectivity index (χ2v) is 7.25. The molecule has 24 heavy (non-hydrogen) atoms.